The molecule has 0 fully saturated rings. The maximum atomic E-state index is 12.7. The van der Waals surface area contributed by atoms with Crippen molar-refractivity contribution in [2.24, 2.45) is 16.8 Å². The standard InChI is InChI=1S/C19H23NO2/c1-14(2)13-19(16-11-7-4-8-12-16)18(21)22-17(20-19)15-9-5-3-6-10-15/h3,5-7,9-11,14,16H,4,8,12-13H2,1-2H3/t16-,19-/m0/s1. The minimum absolute atomic E-state index is 0.150. The van der Waals surface area contributed by atoms with E-state index in [2.05, 4.69) is 26.0 Å². The molecule has 2 atom stereocenters. The lowest BCUT2D eigenvalue weighted by atomic mass is 9.74. The number of esters is 1. The van der Waals surface area contributed by atoms with Crippen molar-refractivity contribution in [3.8, 4) is 0 Å². The van der Waals surface area contributed by atoms with Gasteiger partial charge in [-0.05, 0) is 43.7 Å². The first-order chi connectivity index (χ1) is 10.6. The molecular formula is C19H23NO2. The minimum Gasteiger partial charge on any atom is -0.405 e. The van der Waals surface area contributed by atoms with Crippen LogP contribution in [0.2, 0.25) is 0 Å². The van der Waals surface area contributed by atoms with Crippen LogP contribution in [0.5, 0.6) is 0 Å². The van der Waals surface area contributed by atoms with Crippen LogP contribution < -0.4 is 0 Å². The second-order valence-electron chi connectivity index (χ2n) is 6.66. The topological polar surface area (TPSA) is 38.7 Å². The maximum absolute atomic E-state index is 12.7. The molecule has 0 N–H and O–H groups in total. The molecule has 0 saturated carbocycles. The summed E-state index contributed by atoms with van der Waals surface area (Å²) in [7, 11) is 0. The number of hydrogen-bond donors (Lipinski definition) is 0. The van der Waals surface area contributed by atoms with E-state index in [9.17, 15) is 4.79 Å². The quantitative estimate of drug-likeness (QED) is 0.619. The molecule has 1 aliphatic heterocycles. The highest BCUT2D eigenvalue weighted by Gasteiger charge is 2.51. The van der Waals surface area contributed by atoms with Crippen molar-refractivity contribution in [3.63, 3.8) is 0 Å². The SMILES string of the molecule is CC(C)C[C@@]1([C@H]2C=CCCC2)N=C(c2ccccc2)OC1=O. The molecule has 3 nitrogen and oxygen atoms in total. The van der Waals surface area contributed by atoms with E-state index >= 15 is 0 Å². The van der Waals surface area contributed by atoms with E-state index in [1.54, 1.807) is 0 Å². The number of carbonyl (C=O) groups excluding carboxylic acids is 1. The van der Waals surface area contributed by atoms with Gasteiger partial charge in [0.05, 0.1) is 0 Å². The van der Waals surface area contributed by atoms with Gasteiger partial charge in [-0.1, -0.05) is 44.2 Å². The summed E-state index contributed by atoms with van der Waals surface area (Å²) >= 11 is 0. The fourth-order valence-electron chi connectivity index (χ4n) is 3.48. The summed E-state index contributed by atoms with van der Waals surface area (Å²) < 4.78 is 5.59. The molecule has 0 radical (unpaired) electrons. The lowest BCUT2D eigenvalue weighted by Gasteiger charge is -2.32. The van der Waals surface area contributed by atoms with Crippen molar-refractivity contribution >= 4 is 11.9 Å². The van der Waals surface area contributed by atoms with Crippen LogP contribution in [0.3, 0.4) is 0 Å². The summed E-state index contributed by atoms with van der Waals surface area (Å²) in [5.74, 6) is 0.834. The Morgan fingerprint density at radius 3 is 2.73 bits per heavy atom. The van der Waals surface area contributed by atoms with E-state index in [4.69, 9.17) is 9.73 Å². The van der Waals surface area contributed by atoms with Crippen molar-refractivity contribution in [2.45, 2.75) is 45.1 Å². The number of cyclic esters (lactones) is 1. The Bertz CT molecular complexity index is 603. The highest BCUT2D eigenvalue weighted by Crippen LogP contribution is 2.41. The molecule has 2 aliphatic rings. The summed E-state index contributed by atoms with van der Waals surface area (Å²) in [5, 5.41) is 0. The normalized spacial score (nSPS) is 27.9. The Balaban J connectivity index is 2.01. The molecule has 0 saturated heterocycles. The van der Waals surface area contributed by atoms with E-state index < -0.39 is 5.54 Å². The fourth-order valence-corrected chi connectivity index (χ4v) is 3.48. The molecule has 3 heteroatoms. The molecule has 1 aromatic rings. The summed E-state index contributed by atoms with van der Waals surface area (Å²) in [6.07, 6.45) is 8.30. The highest BCUT2D eigenvalue weighted by molar-refractivity contribution is 6.08. The van der Waals surface area contributed by atoms with Crippen LogP contribution in [0.1, 0.15) is 45.1 Å². The number of benzene rings is 1. The number of ether oxygens (including phenoxy) is 1. The summed E-state index contributed by atoms with van der Waals surface area (Å²) in [4.78, 5) is 17.6. The molecule has 0 amide bonds. The van der Waals surface area contributed by atoms with E-state index in [0.717, 1.165) is 31.2 Å². The lowest BCUT2D eigenvalue weighted by Crippen LogP contribution is -2.43. The zero-order valence-electron chi connectivity index (χ0n) is 13.3. The number of nitrogens with zero attached hydrogens (tertiary/aromatic N) is 1. The van der Waals surface area contributed by atoms with E-state index in [1.807, 2.05) is 30.3 Å². The van der Waals surface area contributed by atoms with Gasteiger partial charge in [0, 0.05) is 11.5 Å². The van der Waals surface area contributed by atoms with Gasteiger partial charge in [-0.15, -0.1) is 0 Å². The van der Waals surface area contributed by atoms with Gasteiger partial charge in [-0.2, -0.15) is 0 Å². The van der Waals surface area contributed by atoms with Crippen LogP contribution >= 0.6 is 0 Å². The molecule has 0 aromatic heterocycles. The zero-order valence-corrected chi connectivity index (χ0v) is 13.3. The monoisotopic (exact) mass is 297 g/mol. The molecule has 0 spiro atoms. The number of aliphatic imine (C=N–C) groups is 1. The first-order valence-electron chi connectivity index (χ1n) is 8.16. The van der Waals surface area contributed by atoms with Gasteiger partial charge >= 0.3 is 5.97 Å². The first-order valence-corrected chi connectivity index (χ1v) is 8.16. The number of hydrogen-bond acceptors (Lipinski definition) is 3. The fraction of sp³-hybridized carbons (Fsp3) is 0.474. The average molecular weight is 297 g/mol. The Hall–Kier alpha value is -1.90. The van der Waals surface area contributed by atoms with E-state index in [0.29, 0.717) is 11.8 Å². The molecule has 116 valence electrons. The highest BCUT2D eigenvalue weighted by atomic mass is 16.6. The first kappa shape index (κ1) is 15.0. The third-order valence-corrected chi connectivity index (χ3v) is 4.45. The average Bonchev–Trinajstić information content (AvgIpc) is 2.86. The summed E-state index contributed by atoms with van der Waals surface area (Å²) in [5.41, 5.74) is 0.136. The van der Waals surface area contributed by atoms with Crippen LogP contribution in [-0.4, -0.2) is 17.4 Å². The lowest BCUT2D eigenvalue weighted by molar-refractivity contribution is -0.141. The number of carbonyl (C=O) groups is 1. The smallest absolute Gasteiger partial charge is 0.341 e. The van der Waals surface area contributed by atoms with Crippen molar-refractivity contribution in [1.82, 2.24) is 0 Å². The molecular weight excluding hydrogens is 274 g/mol. The second kappa shape index (κ2) is 6.07. The molecule has 1 aromatic carbocycles. The Labute approximate surface area is 132 Å². The van der Waals surface area contributed by atoms with Crippen molar-refractivity contribution in [3.05, 3.63) is 48.0 Å². The summed E-state index contributed by atoms with van der Waals surface area (Å²) in [6, 6.07) is 9.71. The molecule has 3 rings (SSSR count). The van der Waals surface area contributed by atoms with Gasteiger partial charge in [0.2, 0.25) is 5.90 Å². The Morgan fingerprint density at radius 2 is 2.09 bits per heavy atom. The van der Waals surface area contributed by atoms with Crippen molar-refractivity contribution in [2.75, 3.05) is 0 Å². The van der Waals surface area contributed by atoms with Crippen LogP contribution in [0.4, 0.5) is 0 Å². The predicted molar refractivity (Wildman–Crippen MR) is 87.7 cm³/mol. The van der Waals surface area contributed by atoms with Crippen molar-refractivity contribution in [1.29, 1.82) is 0 Å². The second-order valence-corrected chi connectivity index (χ2v) is 6.66. The van der Waals surface area contributed by atoms with Gasteiger partial charge < -0.3 is 4.74 Å². The third-order valence-electron chi connectivity index (χ3n) is 4.45. The van der Waals surface area contributed by atoms with Gasteiger partial charge in [-0.3, -0.25) is 0 Å². The van der Waals surface area contributed by atoms with Gasteiger partial charge in [-0.25, -0.2) is 9.79 Å². The van der Waals surface area contributed by atoms with Crippen molar-refractivity contribution < 1.29 is 9.53 Å². The van der Waals surface area contributed by atoms with Crippen LogP contribution in [-0.2, 0) is 9.53 Å². The molecule has 1 heterocycles. The van der Waals surface area contributed by atoms with E-state index in [1.165, 1.54) is 0 Å². The van der Waals surface area contributed by atoms with Crippen LogP contribution in [0, 0.1) is 11.8 Å². The predicted octanol–water partition coefficient (Wildman–Crippen LogP) is 4.13. The number of allylic oxidation sites excluding steroid dienone is 1. The minimum atomic E-state index is -0.740. The largest absolute Gasteiger partial charge is 0.405 e. The van der Waals surface area contributed by atoms with Gasteiger partial charge in [0.1, 0.15) is 0 Å². The maximum Gasteiger partial charge on any atom is 0.341 e. The van der Waals surface area contributed by atoms with Gasteiger partial charge in [0.25, 0.3) is 0 Å². The number of rotatable bonds is 4. The summed E-state index contributed by atoms with van der Waals surface area (Å²) in [6.45, 7) is 4.27. The molecule has 22 heavy (non-hydrogen) atoms. The Morgan fingerprint density at radius 1 is 1.32 bits per heavy atom. The van der Waals surface area contributed by atoms with Crippen LogP contribution in [0.15, 0.2) is 47.5 Å². The molecule has 0 unspecified atom stereocenters. The molecule has 1 aliphatic carbocycles. The van der Waals surface area contributed by atoms with Crippen LogP contribution in [0.25, 0.3) is 0 Å². The molecule has 0 bridgehead atoms. The third kappa shape index (κ3) is 2.72. The van der Waals surface area contributed by atoms with E-state index in [-0.39, 0.29) is 11.9 Å². The zero-order chi connectivity index (χ0) is 15.6. The van der Waals surface area contributed by atoms with Gasteiger partial charge in [0.15, 0.2) is 5.54 Å². The Kier molecular flexibility index (Phi) is 4.14.